The fourth-order valence-corrected chi connectivity index (χ4v) is 21.2. The van der Waals surface area contributed by atoms with Crippen LogP contribution in [0.1, 0.15) is 70.2 Å². The first-order valence-corrected chi connectivity index (χ1v) is 42.1. The minimum Gasteiger partial charge on any atom is -0.298 e. The van der Waals surface area contributed by atoms with Gasteiger partial charge in [-0.25, -0.2) is 50.5 Å². The van der Waals surface area contributed by atoms with Gasteiger partial charge in [0.1, 0.15) is 0 Å². The SMILES string of the molecule is Cc1ccc(S(=O)(=O)N2CCCN(S(=O)(=O)c3ccc(C)cc3)CCN(S(=O)(=O)c3ccc(C)cc3)CCCN(Cc3cc(Cl)c(CN4CCCN(S(=O)(=O)c5ccc(C)cc5)CCN(S(=O)(=O)c5ccc(C)cc5)CCCN(S(=O)(=O)c5ccc(C)cc5)CC4)cc3Cl)CC2)cc1. The Labute approximate surface area is 591 Å². The molecule has 28 heteroatoms. The van der Waals surface area contributed by atoms with E-state index in [1.807, 2.05) is 51.3 Å². The smallest absolute Gasteiger partial charge is 0.243 e. The Balaban J connectivity index is 1.02. The van der Waals surface area contributed by atoms with Crippen molar-refractivity contribution in [2.75, 3.05) is 105 Å². The maximum Gasteiger partial charge on any atom is 0.243 e. The van der Waals surface area contributed by atoms with E-state index < -0.39 is 60.1 Å². The third kappa shape index (κ3) is 19.2. The normalized spacial score (nSPS) is 18.0. The summed E-state index contributed by atoms with van der Waals surface area (Å²) in [5.74, 6) is 0. The summed E-state index contributed by atoms with van der Waals surface area (Å²) < 4.78 is 183. The summed E-state index contributed by atoms with van der Waals surface area (Å²) in [7, 11) is -25.1. The Bertz CT molecular complexity index is 4290. The van der Waals surface area contributed by atoms with Crippen molar-refractivity contribution >= 4 is 83.3 Å². The van der Waals surface area contributed by atoms with Gasteiger partial charge >= 0.3 is 0 Å². The second-order valence-electron chi connectivity index (χ2n) is 25.3. The van der Waals surface area contributed by atoms with E-state index in [9.17, 15) is 50.5 Å². The first-order chi connectivity index (χ1) is 46.3. The third-order valence-electron chi connectivity index (χ3n) is 17.9. The topological polar surface area (TPSA) is 231 Å². The number of sulfonamides is 6. The first-order valence-electron chi connectivity index (χ1n) is 32.7. The lowest BCUT2D eigenvalue weighted by Crippen LogP contribution is -2.45. The van der Waals surface area contributed by atoms with E-state index in [1.54, 1.807) is 109 Å². The van der Waals surface area contributed by atoms with Crippen LogP contribution in [0, 0.1) is 41.5 Å². The molecule has 9 rings (SSSR count). The molecule has 2 fully saturated rings. The van der Waals surface area contributed by atoms with Crippen LogP contribution in [0.15, 0.2) is 187 Å². The van der Waals surface area contributed by atoms with Crippen molar-refractivity contribution < 1.29 is 50.5 Å². The highest BCUT2D eigenvalue weighted by molar-refractivity contribution is 7.90. The maximum absolute atomic E-state index is 14.7. The van der Waals surface area contributed by atoms with E-state index in [0.29, 0.717) is 21.2 Å². The summed E-state index contributed by atoms with van der Waals surface area (Å²) in [4.78, 5) is 4.24. The maximum atomic E-state index is 14.7. The number of halogens is 2. The zero-order chi connectivity index (χ0) is 70.8. The van der Waals surface area contributed by atoms with Crippen molar-refractivity contribution in [3.63, 3.8) is 0 Å². The molecule has 0 aromatic heterocycles. The monoisotopic (exact) mass is 1490 g/mol. The van der Waals surface area contributed by atoms with Crippen LogP contribution < -0.4 is 0 Å². The highest BCUT2D eigenvalue weighted by atomic mass is 35.5. The quantitative estimate of drug-likeness (QED) is 0.0876. The highest BCUT2D eigenvalue weighted by Crippen LogP contribution is 2.31. The molecule has 0 aliphatic carbocycles. The van der Waals surface area contributed by atoms with Crippen molar-refractivity contribution in [1.29, 1.82) is 0 Å². The van der Waals surface area contributed by atoms with Crippen LogP contribution in [0.4, 0.5) is 0 Å². The van der Waals surface area contributed by atoms with Crippen LogP contribution in [0.25, 0.3) is 0 Å². The lowest BCUT2D eigenvalue weighted by atomic mass is 10.1. The number of benzene rings is 7. The van der Waals surface area contributed by atoms with Gasteiger partial charge in [-0.15, -0.1) is 0 Å². The van der Waals surface area contributed by atoms with Gasteiger partial charge in [-0.3, -0.25) is 9.80 Å². The molecule has 20 nitrogen and oxygen atoms in total. The number of nitrogens with zero attached hydrogens (tertiary/aromatic N) is 8. The Morgan fingerprint density at radius 2 is 0.408 bits per heavy atom. The largest absolute Gasteiger partial charge is 0.298 e. The van der Waals surface area contributed by atoms with E-state index in [4.69, 9.17) is 23.2 Å². The molecule has 2 heterocycles. The Morgan fingerprint density at radius 1 is 0.245 bits per heavy atom. The summed E-state index contributed by atoms with van der Waals surface area (Å²) >= 11 is 14.6. The summed E-state index contributed by atoms with van der Waals surface area (Å²) in [5.41, 5.74) is 6.26. The number of hydrogen-bond acceptors (Lipinski definition) is 14. The zero-order valence-electron chi connectivity index (χ0n) is 56.2. The van der Waals surface area contributed by atoms with Crippen molar-refractivity contribution in [2.24, 2.45) is 0 Å². The molecule has 0 spiro atoms. The molecule has 0 N–H and O–H groups in total. The molecule has 2 aliphatic rings. The number of aryl methyl sites for hydroxylation is 6. The second-order valence-corrected chi connectivity index (χ2v) is 37.7. The fraction of sp³-hybridized carbons (Fsp3) is 0.400. The molecule has 0 bridgehead atoms. The minimum atomic E-state index is -4.21. The molecule has 530 valence electrons. The summed E-state index contributed by atoms with van der Waals surface area (Å²) in [5, 5.41) is 0.607. The van der Waals surface area contributed by atoms with Gasteiger partial charge in [0.05, 0.1) is 29.4 Å². The van der Waals surface area contributed by atoms with Crippen LogP contribution in [0.5, 0.6) is 0 Å². The predicted molar refractivity (Wildman–Crippen MR) is 385 cm³/mol. The van der Waals surface area contributed by atoms with Crippen molar-refractivity contribution in [3.05, 3.63) is 212 Å². The molecule has 7 aromatic carbocycles. The lowest BCUT2D eigenvalue weighted by Gasteiger charge is -2.32. The summed E-state index contributed by atoms with van der Waals surface area (Å²) in [6.45, 7) is 10.6. The molecule has 0 atom stereocenters. The standard InChI is InChI=1S/C70H88Cl2N8O12S6/c1-55-11-23-63(24-12-55)93(81,82)75-39-9-41-79(97(89,90)67-31-19-59(5)20-32-67)49-47-77(95(85,86)65-27-15-57(3)16-28-65)37-7-35-73(43-45-75)53-61-51-70(72)62(52-69(61)71)54-74-36-8-38-78(96(87,88)66-29-17-58(4)18-30-66)48-50-80(98(91,92)68-33-21-60(6)22-34-68)42-10-40-76(46-44-74)94(83,84)64-25-13-56(2)14-26-64/h11-34,51-52H,7-10,35-50,53-54H2,1-6H3. The van der Waals surface area contributed by atoms with Crippen molar-refractivity contribution in [2.45, 2.75) is 110 Å². The van der Waals surface area contributed by atoms with Crippen LogP contribution >= 0.6 is 23.2 Å². The molecule has 0 radical (unpaired) electrons. The van der Waals surface area contributed by atoms with E-state index >= 15 is 0 Å². The van der Waals surface area contributed by atoms with E-state index in [-0.39, 0.29) is 173 Å². The van der Waals surface area contributed by atoms with Gasteiger partial charge in [0, 0.05) is 115 Å². The molecule has 0 unspecified atom stereocenters. The minimum absolute atomic E-state index is 0.0218. The average Bonchev–Trinajstić information content (AvgIpc) is 0.819. The van der Waals surface area contributed by atoms with Crippen LogP contribution in [-0.2, 0) is 73.2 Å². The Hall–Kier alpha value is -5.50. The summed E-state index contributed by atoms with van der Waals surface area (Å²) in [6.07, 6.45) is 0.576. The Kier molecular flexibility index (Phi) is 25.9. The fourth-order valence-electron chi connectivity index (χ4n) is 11.9. The third-order valence-corrected chi connectivity index (χ3v) is 30.1. The van der Waals surface area contributed by atoms with Crippen LogP contribution in [-0.4, -0.2) is 191 Å². The van der Waals surface area contributed by atoms with Gasteiger partial charge in [-0.1, -0.05) is 129 Å². The van der Waals surface area contributed by atoms with Crippen LogP contribution in [0.3, 0.4) is 0 Å². The molecule has 7 aromatic rings. The number of rotatable bonds is 16. The molecule has 2 saturated heterocycles. The first kappa shape index (κ1) is 76.7. The van der Waals surface area contributed by atoms with Crippen molar-refractivity contribution in [1.82, 2.24) is 35.6 Å². The molecule has 0 amide bonds. The molecule has 2 aliphatic heterocycles. The van der Waals surface area contributed by atoms with Gasteiger partial charge in [0.25, 0.3) is 0 Å². The molecule has 98 heavy (non-hydrogen) atoms. The van der Waals surface area contributed by atoms with Crippen molar-refractivity contribution in [3.8, 4) is 0 Å². The number of hydrogen-bond donors (Lipinski definition) is 0. The zero-order valence-corrected chi connectivity index (χ0v) is 62.7. The van der Waals surface area contributed by atoms with Gasteiger partial charge in [0.2, 0.25) is 60.1 Å². The van der Waals surface area contributed by atoms with Gasteiger partial charge in [-0.2, -0.15) is 25.8 Å². The van der Waals surface area contributed by atoms with Gasteiger partial charge in [-0.05, 0) is 176 Å². The molecule has 0 saturated carbocycles. The van der Waals surface area contributed by atoms with Gasteiger partial charge < -0.3 is 0 Å². The molecular formula is C70H88Cl2N8O12S6. The van der Waals surface area contributed by atoms with E-state index in [1.165, 1.54) is 74.4 Å². The molecular weight excluding hydrogens is 1410 g/mol. The highest BCUT2D eigenvalue weighted by Gasteiger charge is 2.35. The average molecular weight is 1500 g/mol. The Morgan fingerprint density at radius 3 is 0.592 bits per heavy atom. The van der Waals surface area contributed by atoms with E-state index in [2.05, 4.69) is 0 Å². The van der Waals surface area contributed by atoms with Crippen LogP contribution in [0.2, 0.25) is 10.0 Å². The van der Waals surface area contributed by atoms with Gasteiger partial charge in [0.15, 0.2) is 0 Å². The van der Waals surface area contributed by atoms with E-state index in [0.717, 1.165) is 33.4 Å². The summed E-state index contributed by atoms with van der Waals surface area (Å²) in [6, 6.07) is 42.2. The predicted octanol–water partition coefficient (Wildman–Crippen LogP) is 10.2. The second kappa shape index (κ2) is 33.1. The lowest BCUT2D eigenvalue weighted by molar-refractivity contribution is 0.222.